The molecular formula is C22H24N6O. The number of nitrogens with one attached hydrogen (secondary N) is 1. The molecule has 0 atom stereocenters. The number of pyridine rings is 1. The van der Waals surface area contributed by atoms with E-state index in [1.807, 2.05) is 55.1 Å². The fraction of sp³-hybridized carbons (Fsp3) is 0.273. The summed E-state index contributed by atoms with van der Waals surface area (Å²) in [6.07, 6.45) is 3.45. The fourth-order valence-corrected chi connectivity index (χ4v) is 3.56. The largest absolute Gasteiger partial charge is 0.352 e. The number of piperazine rings is 1. The van der Waals surface area contributed by atoms with Crippen molar-refractivity contribution in [3.8, 4) is 0 Å². The van der Waals surface area contributed by atoms with Crippen molar-refractivity contribution >= 4 is 23.2 Å². The Bertz CT molecular complexity index is 962. The molecule has 2 aromatic heterocycles. The van der Waals surface area contributed by atoms with Crippen molar-refractivity contribution in [2.75, 3.05) is 36.4 Å². The van der Waals surface area contributed by atoms with Crippen LogP contribution in [0.2, 0.25) is 0 Å². The molecule has 3 heterocycles. The van der Waals surface area contributed by atoms with Crippen LogP contribution < -0.4 is 10.2 Å². The molecule has 1 aliphatic rings. The third-order valence-corrected chi connectivity index (χ3v) is 4.96. The van der Waals surface area contributed by atoms with Gasteiger partial charge in [0.05, 0.1) is 0 Å². The number of aryl methyl sites for hydroxylation is 2. The summed E-state index contributed by atoms with van der Waals surface area (Å²) < 4.78 is 0. The topological polar surface area (TPSA) is 74.2 Å². The number of carbonyl (C=O) groups excluding carboxylic acids is 1. The molecule has 29 heavy (non-hydrogen) atoms. The van der Waals surface area contributed by atoms with E-state index < -0.39 is 0 Å². The summed E-state index contributed by atoms with van der Waals surface area (Å²) in [5.41, 5.74) is 3.91. The van der Waals surface area contributed by atoms with Gasteiger partial charge in [0.25, 0.3) is 5.91 Å². The lowest BCUT2D eigenvalue weighted by Crippen LogP contribution is -2.49. The third kappa shape index (κ3) is 4.51. The second-order valence-corrected chi connectivity index (χ2v) is 7.29. The van der Waals surface area contributed by atoms with Gasteiger partial charge in [0.15, 0.2) is 11.6 Å². The van der Waals surface area contributed by atoms with Crippen molar-refractivity contribution in [3.05, 3.63) is 71.5 Å². The van der Waals surface area contributed by atoms with Gasteiger partial charge in [-0.3, -0.25) is 9.78 Å². The number of hydrogen-bond acceptors (Lipinski definition) is 6. The maximum atomic E-state index is 12.8. The fourth-order valence-electron chi connectivity index (χ4n) is 3.56. The SMILES string of the molecule is Cc1cc(C)cc(C(=O)N2CCN(c3ccc(Nc4ccncc4)nn3)CC2)c1. The lowest BCUT2D eigenvalue weighted by Gasteiger charge is -2.35. The monoisotopic (exact) mass is 388 g/mol. The van der Waals surface area contributed by atoms with Crippen LogP contribution in [0, 0.1) is 13.8 Å². The summed E-state index contributed by atoms with van der Waals surface area (Å²) >= 11 is 0. The average molecular weight is 388 g/mol. The third-order valence-electron chi connectivity index (χ3n) is 4.96. The Hall–Kier alpha value is -3.48. The highest BCUT2D eigenvalue weighted by molar-refractivity contribution is 5.94. The van der Waals surface area contributed by atoms with Crippen LogP contribution in [-0.4, -0.2) is 52.2 Å². The summed E-state index contributed by atoms with van der Waals surface area (Å²) in [4.78, 5) is 20.9. The van der Waals surface area contributed by atoms with Crippen molar-refractivity contribution in [1.29, 1.82) is 0 Å². The number of benzene rings is 1. The molecule has 4 rings (SSSR count). The van der Waals surface area contributed by atoms with Crippen LogP contribution in [0.1, 0.15) is 21.5 Å². The first kappa shape index (κ1) is 18.9. The molecule has 148 valence electrons. The van der Waals surface area contributed by atoms with Crippen LogP contribution in [0.5, 0.6) is 0 Å². The number of amides is 1. The van der Waals surface area contributed by atoms with E-state index in [0.717, 1.165) is 41.3 Å². The summed E-state index contributed by atoms with van der Waals surface area (Å²) in [5.74, 6) is 1.60. The Morgan fingerprint density at radius 3 is 2.21 bits per heavy atom. The molecule has 0 unspecified atom stereocenters. The van der Waals surface area contributed by atoms with Gasteiger partial charge < -0.3 is 15.1 Å². The van der Waals surface area contributed by atoms with Crippen LogP contribution in [0.25, 0.3) is 0 Å². The summed E-state index contributed by atoms with van der Waals surface area (Å²) in [5, 5.41) is 11.8. The van der Waals surface area contributed by atoms with Crippen LogP contribution >= 0.6 is 0 Å². The number of carbonyl (C=O) groups is 1. The second kappa shape index (κ2) is 8.26. The molecule has 1 saturated heterocycles. The first-order chi connectivity index (χ1) is 14.1. The zero-order chi connectivity index (χ0) is 20.2. The van der Waals surface area contributed by atoms with Gasteiger partial charge in [0.2, 0.25) is 0 Å². The minimum absolute atomic E-state index is 0.0967. The Labute approximate surface area is 170 Å². The smallest absolute Gasteiger partial charge is 0.253 e. The van der Waals surface area contributed by atoms with Gasteiger partial charge in [-0.1, -0.05) is 17.2 Å². The van der Waals surface area contributed by atoms with E-state index >= 15 is 0 Å². The Balaban J connectivity index is 1.36. The van der Waals surface area contributed by atoms with Gasteiger partial charge in [-0.2, -0.15) is 0 Å². The Kier molecular flexibility index (Phi) is 5.37. The minimum atomic E-state index is 0.0967. The van der Waals surface area contributed by atoms with Crippen LogP contribution in [-0.2, 0) is 0 Å². The summed E-state index contributed by atoms with van der Waals surface area (Å²) in [7, 11) is 0. The highest BCUT2D eigenvalue weighted by Crippen LogP contribution is 2.18. The molecule has 1 aliphatic heterocycles. The zero-order valence-corrected chi connectivity index (χ0v) is 16.7. The van der Waals surface area contributed by atoms with E-state index in [1.165, 1.54) is 0 Å². The predicted molar refractivity (Wildman–Crippen MR) is 114 cm³/mol. The highest BCUT2D eigenvalue weighted by atomic mass is 16.2. The van der Waals surface area contributed by atoms with E-state index in [9.17, 15) is 4.79 Å². The van der Waals surface area contributed by atoms with Gasteiger partial charge >= 0.3 is 0 Å². The lowest BCUT2D eigenvalue weighted by molar-refractivity contribution is 0.0746. The van der Waals surface area contributed by atoms with Crippen LogP contribution in [0.3, 0.4) is 0 Å². The van der Waals surface area contributed by atoms with Crippen LogP contribution in [0.15, 0.2) is 54.9 Å². The first-order valence-corrected chi connectivity index (χ1v) is 9.72. The maximum absolute atomic E-state index is 12.8. The molecule has 7 nitrogen and oxygen atoms in total. The molecule has 1 N–H and O–H groups in total. The number of hydrogen-bond donors (Lipinski definition) is 1. The molecule has 0 aliphatic carbocycles. The van der Waals surface area contributed by atoms with E-state index in [1.54, 1.807) is 12.4 Å². The predicted octanol–water partition coefficient (Wildman–Crippen LogP) is 3.19. The van der Waals surface area contributed by atoms with Gasteiger partial charge in [0.1, 0.15) is 0 Å². The number of anilines is 3. The van der Waals surface area contributed by atoms with Crippen LogP contribution in [0.4, 0.5) is 17.3 Å². The average Bonchev–Trinajstić information content (AvgIpc) is 2.74. The van der Waals surface area contributed by atoms with Gasteiger partial charge in [-0.05, 0) is 50.2 Å². The van der Waals surface area contributed by atoms with Crippen molar-refractivity contribution < 1.29 is 4.79 Å². The highest BCUT2D eigenvalue weighted by Gasteiger charge is 2.23. The molecule has 3 aromatic rings. The molecule has 1 fully saturated rings. The van der Waals surface area contributed by atoms with E-state index in [0.29, 0.717) is 18.9 Å². The Morgan fingerprint density at radius 2 is 1.59 bits per heavy atom. The number of nitrogens with zero attached hydrogens (tertiary/aromatic N) is 5. The summed E-state index contributed by atoms with van der Waals surface area (Å²) in [6.45, 7) is 6.86. The maximum Gasteiger partial charge on any atom is 0.253 e. The number of rotatable bonds is 4. The lowest BCUT2D eigenvalue weighted by atomic mass is 10.1. The van der Waals surface area contributed by atoms with Gasteiger partial charge in [0, 0.05) is 49.8 Å². The standard InChI is InChI=1S/C22H24N6O/c1-16-13-17(2)15-18(14-16)22(29)28-11-9-27(10-12-28)21-4-3-20(25-26-21)24-19-5-7-23-8-6-19/h3-8,13-15H,9-12H2,1-2H3,(H,23,24,25). The summed E-state index contributed by atoms with van der Waals surface area (Å²) in [6, 6.07) is 13.6. The number of aromatic nitrogens is 3. The van der Waals surface area contributed by atoms with Gasteiger partial charge in [-0.15, -0.1) is 10.2 Å². The van der Waals surface area contributed by atoms with Crippen molar-refractivity contribution in [2.24, 2.45) is 0 Å². The second-order valence-electron chi connectivity index (χ2n) is 7.29. The normalized spacial score (nSPS) is 14.0. The first-order valence-electron chi connectivity index (χ1n) is 9.72. The molecule has 0 bridgehead atoms. The van der Waals surface area contributed by atoms with E-state index in [2.05, 4.69) is 31.5 Å². The molecule has 0 radical (unpaired) electrons. The van der Waals surface area contributed by atoms with E-state index in [-0.39, 0.29) is 5.91 Å². The van der Waals surface area contributed by atoms with Crippen molar-refractivity contribution in [3.63, 3.8) is 0 Å². The zero-order valence-electron chi connectivity index (χ0n) is 16.7. The minimum Gasteiger partial charge on any atom is -0.352 e. The molecule has 1 amide bonds. The van der Waals surface area contributed by atoms with Crippen molar-refractivity contribution in [2.45, 2.75) is 13.8 Å². The molecular weight excluding hydrogens is 364 g/mol. The van der Waals surface area contributed by atoms with E-state index in [4.69, 9.17) is 0 Å². The van der Waals surface area contributed by atoms with Gasteiger partial charge in [-0.25, -0.2) is 0 Å². The Morgan fingerprint density at radius 1 is 0.897 bits per heavy atom. The molecule has 0 spiro atoms. The molecule has 0 saturated carbocycles. The molecule has 7 heteroatoms. The molecule has 1 aromatic carbocycles. The quantitative estimate of drug-likeness (QED) is 0.740. The van der Waals surface area contributed by atoms with Crippen molar-refractivity contribution in [1.82, 2.24) is 20.1 Å².